The minimum atomic E-state index is -1.51. The van der Waals surface area contributed by atoms with Crippen molar-refractivity contribution in [1.29, 1.82) is 5.26 Å². The predicted molar refractivity (Wildman–Crippen MR) is 206 cm³/mol. The molecule has 57 heavy (non-hydrogen) atoms. The summed E-state index contributed by atoms with van der Waals surface area (Å²) >= 11 is 0. The number of hydrogen-bond donors (Lipinski definition) is 1. The summed E-state index contributed by atoms with van der Waals surface area (Å²) < 4.78 is 43.4. The van der Waals surface area contributed by atoms with E-state index in [0.29, 0.717) is 65.5 Å². The monoisotopic (exact) mass is 773 g/mol. The van der Waals surface area contributed by atoms with Gasteiger partial charge in [0.05, 0.1) is 27.5 Å². The highest BCUT2D eigenvalue weighted by Crippen LogP contribution is 2.45. The summed E-state index contributed by atoms with van der Waals surface area (Å²) in [6, 6.07) is 14.1. The number of halogens is 2. The summed E-state index contributed by atoms with van der Waals surface area (Å²) in [5.41, 5.74) is 0.0361. The summed E-state index contributed by atoms with van der Waals surface area (Å²) in [7, 11) is 0. The van der Waals surface area contributed by atoms with Crippen molar-refractivity contribution < 1.29 is 33.1 Å². The number of anilines is 1. The van der Waals surface area contributed by atoms with Crippen LogP contribution in [0.3, 0.4) is 0 Å². The number of hydrogen-bond acceptors (Lipinski definition) is 11. The Balaban J connectivity index is 1.15. The van der Waals surface area contributed by atoms with Crippen LogP contribution in [0.25, 0.3) is 32.9 Å². The number of nitrogens with zero attached hydrogens (tertiary/aromatic N) is 7. The first kappa shape index (κ1) is 37.5. The van der Waals surface area contributed by atoms with Crippen molar-refractivity contribution in [3.05, 3.63) is 87.6 Å². The molecule has 1 unspecified atom stereocenters. The zero-order valence-corrected chi connectivity index (χ0v) is 30.8. The number of aromatic nitrogens is 3. The fourth-order valence-corrected chi connectivity index (χ4v) is 8.96. The van der Waals surface area contributed by atoms with Gasteiger partial charge in [0.25, 0.3) is 5.69 Å². The van der Waals surface area contributed by atoms with Crippen LogP contribution < -0.4 is 14.4 Å². The second kappa shape index (κ2) is 15.2. The molecule has 0 radical (unpaired) electrons. The SMILES string of the molecule is C#Cc1c(F)ccc2cccc(-c3ncc4c(N5CCCC(C#N)CC5)nc(OC[C@@]56CCCN5[C@H](Cc5cc([N+](=O)[O-])ccc5OC(=O)O)CC6)nc4c3F)c12. The third-order valence-electron chi connectivity index (χ3n) is 11.7. The number of pyridine rings is 1. The van der Waals surface area contributed by atoms with E-state index in [1.165, 1.54) is 30.5 Å². The van der Waals surface area contributed by atoms with Crippen molar-refractivity contribution in [2.75, 3.05) is 31.1 Å². The molecular formula is C42H37F2N7O6. The standard InChI is InChI=1S/C42H37F2N7O6/c1-2-30-33(43)11-9-26-7-3-8-31(35(26)30)37-36(44)38-32(23-46-37)39(49-17-4-6-25(22-45)14-19-49)48-40(47-38)56-24-42-15-5-18-50(42)28(13-16-42)20-27-21-29(51(54)55)10-12-34(27)57-41(52)53/h1,3,7-12,21,23,25,28H,4-6,13-20,24H2,(H,52,53)/t25?,28-,42-/m0/s1. The van der Waals surface area contributed by atoms with Crippen molar-refractivity contribution >= 4 is 39.3 Å². The number of benzene rings is 3. The Hall–Kier alpha value is -6.45. The zero-order valence-electron chi connectivity index (χ0n) is 30.8. The lowest BCUT2D eigenvalue weighted by molar-refractivity contribution is -0.384. The van der Waals surface area contributed by atoms with Gasteiger partial charge in [-0.3, -0.25) is 20.0 Å². The Morgan fingerprint density at radius 1 is 1.09 bits per heavy atom. The fraction of sp³-hybridized carbons (Fsp3) is 0.357. The largest absolute Gasteiger partial charge is 0.511 e. The molecule has 0 saturated carbocycles. The molecule has 0 aliphatic carbocycles. The van der Waals surface area contributed by atoms with Gasteiger partial charge >= 0.3 is 12.2 Å². The van der Waals surface area contributed by atoms with E-state index in [9.17, 15) is 29.7 Å². The average Bonchev–Trinajstić information content (AvgIpc) is 3.67. The highest BCUT2D eigenvalue weighted by Gasteiger charge is 2.50. The van der Waals surface area contributed by atoms with Crippen molar-refractivity contribution in [2.45, 2.75) is 62.9 Å². The van der Waals surface area contributed by atoms with Crippen LogP contribution in [0.15, 0.2) is 54.7 Å². The molecule has 15 heteroatoms. The van der Waals surface area contributed by atoms with Gasteiger partial charge in [-0.2, -0.15) is 15.2 Å². The highest BCUT2D eigenvalue weighted by molar-refractivity contribution is 6.02. The second-order valence-electron chi connectivity index (χ2n) is 14.9. The van der Waals surface area contributed by atoms with E-state index in [1.807, 2.05) is 4.90 Å². The lowest BCUT2D eigenvalue weighted by atomic mass is 9.95. The molecule has 0 bridgehead atoms. The Kier molecular flexibility index (Phi) is 10.0. The molecule has 3 saturated heterocycles. The summed E-state index contributed by atoms with van der Waals surface area (Å²) in [4.78, 5) is 40.8. The third kappa shape index (κ3) is 7.00. The molecule has 3 aliphatic heterocycles. The first-order chi connectivity index (χ1) is 27.6. The minimum Gasteiger partial charge on any atom is -0.461 e. The van der Waals surface area contributed by atoms with Crippen LogP contribution in [0.5, 0.6) is 11.8 Å². The van der Waals surface area contributed by atoms with Crippen LogP contribution in [-0.4, -0.2) is 73.9 Å². The Bertz CT molecular complexity index is 2520. The van der Waals surface area contributed by atoms with Gasteiger partial charge in [-0.1, -0.05) is 30.2 Å². The molecule has 0 spiro atoms. The van der Waals surface area contributed by atoms with Gasteiger partial charge in [-0.15, -0.1) is 6.42 Å². The van der Waals surface area contributed by atoms with Crippen molar-refractivity contribution in [2.24, 2.45) is 5.92 Å². The van der Waals surface area contributed by atoms with Gasteiger partial charge in [0.2, 0.25) is 0 Å². The lowest BCUT2D eigenvalue weighted by Gasteiger charge is -2.35. The molecule has 3 atom stereocenters. The number of carbonyl (C=O) groups is 1. The summed E-state index contributed by atoms with van der Waals surface area (Å²) in [6.07, 6.45) is 11.2. The van der Waals surface area contributed by atoms with Crippen LogP contribution in [0.2, 0.25) is 0 Å². The van der Waals surface area contributed by atoms with Crippen molar-refractivity contribution in [1.82, 2.24) is 19.9 Å². The van der Waals surface area contributed by atoms with Crippen LogP contribution >= 0.6 is 0 Å². The zero-order chi connectivity index (χ0) is 39.8. The predicted octanol–water partition coefficient (Wildman–Crippen LogP) is 7.82. The number of terminal acetylenes is 1. The number of fused-ring (bicyclic) bond motifs is 3. The molecule has 5 heterocycles. The highest BCUT2D eigenvalue weighted by atomic mass is 19.1. The van der Waals surface area contributed by atoms with E-state index >= 15 is 4.39 Å². The van der Waals surface area contributed by atoms with Gasteiger partial charge in [0.1, 0.15) is 35.2 Å². The molecule has 8 rings (SSSR count). The van der Waals surface area contributed by atoms with E-state index in [4.69, 9.17) is 20.9 Å². The molecule has 2 aromatic heterocycles. The normalized spacial score (nSPS) is 20.8. The lowest BCUT2D eigenvalue weighted by Crippen LogP contribution is -2.47. The van der Waals surface area contributed by atoms with Crippen LogP contribution in [0.1, 0.15) is 56.1 Å². The Morgan fingerprint density at radius 2 is 1.95 bits per heavy atom. The van der Waals surface area contributed by atoms with Crippen LogP contribution in [0.4, 0.5) is 25.1 Å². The number of nitriles is 1. The topological polar surface area (TPSA) is 168 Å². The van der Waals surface area contributed by atoms with E-state index in [0.717, 1.165) is 38.6 Å². The van der Waals surface area contributed by atoms with Gasteiger partial charge in [-0.05, 0) is 75.4 Å². The maximum atomic E-state index is 17.0. The van der Waals surface area contributed by atoms with E-state index in [1.54, 1.807) is 24.3 Å². The van der Waals surface area contributed by atoms with Gasteiger partial charge in [0.15, 0.2) is 5.82 Å². The first-order valence-corrected chi connectivity index (χ1v) is 18.9. The number of nitro benzene ring substituents is 1. The van der Waals surface area contributed by atoms with Crippen LogP contribution in [-0.2, 0) is 6.42 Å². The molecule has 5 aromatic rings. The second-order valence-corrected chi connectivity index (χ2v) is 14.9. The molecule has 0 amide bonds. The maximum absolute atomic E-state index is 17.0. The third-order valence-corrected chi connectivity index (χ3v) is 11.7. The quantitative estimate of drug-likeness (QED) is 0.0508. The van der Waals surface area contributed by atoms with Gasteiger partial charge in [0, 0.05) is 59.9 Å². The summed E-state index contributed by atoms with van der Waals surface area (Å²) in [5.74, 6) is 1.42. The summed E-state index contributed by atoms with van der Waals surface area (Å²) in [5, 5.41) is 31.9. The van der Waals surface area contributed by atoms with Crippen molar-refractivity contribution in [3.8, 4) is 41.4 Å². The molecular weight excluding hydrogens is 737 g/mol. The average molecular weight is 774 g/mol. The van der Waals surface area contributed by atoms with E-state index in [2.05, 4.69) is 26.9 Å². The molecule has 3 fully saturated rings. The molecule has 290 valence electrons. The Morgan fingerprint density at radius 3 is 2.74 bits per heavy atom. The van der Waals surface area contributed by atoms with Gasteiger partial charge in [-0.25, -0.2) is 13.6 Å². The van der Waals surface area contributed by atoms with Crippen LogP contribution in [0, 0.1) is 51.3 Å². The smallest absolute Gasteiger partial charge is 0.461 e. The van der Waals surface area contributed by atoms with Crippen molar-refractivity contribution in [3.63, 3.8) is 0 Å². The summed E-state index contributed by atoms with van der Waals surface area (Å²) in [6.45, 7) is 1.98. The molecule has 1 N–H and O–H groups in total. The Labute approximate surface area is 326 Å². The number of rotatable bonds is 9. The fourth-order valence-electron chi connectivity index (χ4n) is 8.96. The number of carboxylic acid groups (broad SMARTS) is 1. The molecule has 3 aromatic carbocycles. The van der Waals surface area contributed by atoms with E-state index < -0.39 is 28.3 Å². The van der Waals surface area contributed by atoms with Gasteiger partial charge < -0.3 is 19.5 Å². The van der Waals surface area contributed by atoms with E-state index in [-0.39, 0.29) is 52.8 Å². The maximum Gasteiger partial charge on any atom is 0.511 e. The first-order valence-electron chi connectivity index (χ1n) is 18.9. The number of ether oxygens (including phenoxy) is 2. The number of nitro groups is 1. The molecule has 13 nitrogen and oxygen atoms in total. The number of non-ortho nitro benzene ring substituents is 1. The minimum absolute atomic E-state index is 0.000209. The molecule has 3 aliphatic rings.